The van der Waals surface area contributed by atoms with E-state index in [1.807, 2.05) is 71.5 Å². The Morgan fingerprint density at radius 2 is 1.48 bits per heavy atom. The van der Waals surface area contributed by atoms with E-state index in [0.29, 0.717) is 5.82 Å². The lowest BCUT2D eigenvalue weighted by molar-refractivity contribution is 0.876. The van der Waals surface area contributed by atoms with Crippen LogP contribution in [0.3, 0.4) is 0 Å². The molecule has 6 heteroatoms. The number of benzene rings is 3. The molecule has 31 heavy (non-hydrogen) atoms. The summed E-state index contributed by atoms with van der Waals surface area (Å²) in [6.07, 6.45) is 5.41. The fraction of sp³-hybridized carbons (Fsp3) is 0.0400. The molecular weight excluding hydrogens is 384 g/mol. The van der Waals surface area contributed by atoms with Crippen LogP contribution in [0.15, 0.2) is 103 Å². The summed E-state index contributed by atoms with van der Waals surface area (Å²) in [6.45, 7) is 2.08. The molecule has 0 unspecified atom stereocenters. The first-order chi connectivity index (χ1) is 15.3. The van der Waals surface area contributed by atoms with Crippen LogP contribution in [-0.4, -0.2) is 30.9 Å². The van der Waals surface area contributed by atoms with Crippen molar-refractivity contribution >= 4 is 6.21 Å². The first-order valence-corrected chi connectivity index (χ1v) is 10.0. The van der Waals surface area contributed by atoms with E-state index in [2.05, 4.69) is 46.5 Å². The normalized spacial score (nSPS) is 11.3. The van der Waals surface area contributed by atoms with Gasteiger partial charge in [0.25, 0.3) is 0 Å². The number of para-hydroxylation sites is 1. The highest BCUT2D eigenvalue weighted by atomic mass is 15.4. The van der Waals surface area contributed by atoms with Crippen molar-refractivity contribution < 1.29 is 0 Å². The third-order valence-electron chi connectivity index (χ3n) is 5.04. The summed E-state index contributed by atoms with van der Waals surface area (Å²) in [5.41, 5.74) is 5.94. The second-order valence-corrected chi connectivity index (χ2v) is 7.14. The zero-order valence-electron chi connectivity index (χ0n) is 17.0. The maximum absolute atomic E-state index is 4.88. The lowest BCUT2D eigenvalue weighted by atomic mass is 10.1. The van der Waals surface area contributed by atoms with Crippen LogP contribution in [0.5, 0.6) is 0 Å². The Labute approximate surface area is 180 Å². The molecular formula is C25H20N6. The molecule has 0 spiro atoms. The molecule has 2 aromatic heterocycles. The van der Waals surface area contributed by atoms with Gasteiger partial charge in [-0.05, 0) is 18.6 Å². The van der Waals surface area contributed by atoms with E-state index in [-0.39, 0.29) is 0 Å². The van der Waals surface area contributed by atoms with E-state index in [1.165, 1.54) is 0 Å². The van der Waals surface area contributed by atoms with E-state index in [1.54, 1.807) is 17.2 Å². The Hall–Kier alpha value is -4.32. The molecule has 2 heterocycles. The quantitative estimate of drug-likeness (QED) is 0.388. The summed E-state index contributed by atoms with van der Waals surface area (Å²) >= 11 is 0. The van der Waals surface area contributed by atoms with Crippen molar-refractivity contribution in [2.45, 2.75) is 6.92 Å². The predicted octanol–water partition coefficient (Wildman–Crippen LogP) is 4.99. The number of nitrogens with zero attached hydrogens (tertiary/aromatic N) is 6. The molecule has 0 saturated carbocycles. The monoisotopic (exact) mass is 404 g/mol. The summed E-state index contributed by atoms with van der Waals surface area (Å²) in [5, 5.41) is 17.8. The summed E-state index contributed by atoms with van der Waals surface area (Å²) in [4.78, 5) is 0. The molecule has 5 rings (SSSR count). The highest BCUT2D eigenvalue weighted by Gasteiger charge is 2.12. The Morgan fingerprint density at radius 1 is 0.806 bits per heavy atom. The smallest absolute Gasteiger partial charge is 0.184 e. The van der Waals surface area contributed by atoms with Crippen LogP contribution in [0.2, 0.25) is 0 Å². The molecule has 0 atom stereocenters. The third kappa shape index (κ3) is 3.79. The molecule has 0 aliphatic heterocycles. The van der Waals surface area contributed by atoms with Crippen LogP contribution in [0, 0.1) is 6.92 Å². The minimum atomic E-state index is 0.685. The third-order valence-corrected chi connectivity index (χ3v) is 5.04. The first kappa shape index (κ1) is 18.7. The maximum atomic E-state index is 4.88. The average molecular weight is 404 g/mol. The molecule has 3 aromatic carbocycles. The van der Waals surface area contributed by atoms with Crippen LogP contribution >= 0.6 is 0 Å². The Morgan fingerprint density at radius 3 is 2.23 bits per heavy atom. The number of aryl methyl sites for hydroxylation is 1. The average Bonchev–Trinajstić information content (AvgIpc) is 3.46. The number of rotatable bonds is 5. The van der Waals surface area contributed by atoms with Gasteiger partial charge in [-0.3, -0.25) is 0 Å². The predicted molar refractivity (Wildman–Crippen MR) is 122 cm³/mol. The fourth-order valence-electron chi connectivity index (χ4n) is 3.46. The standard InChI is InChI=1S/C25H20N6/c1-19-10-8-9-15-23(19)30-17-22(24(29-30)20-11-4-2-5-12-20)16-27-31-18-26-28-25(31)21-13-6-3-7-14-21/h2-18H,1H3/b27-16-. The van der Waals surface area contributed by atoms with Crippen LogP contribution in [0.1, 0.15) is 11.1 Å². The van der Waals surface area contributed by atoms with E-state index in [9.17, 15) is 0 Å². The molecule has 0 N–H and O–H groups in total. The Kier molecular flexibility index (Phi) is 4.94. The largest absolute Gasteiger partial charge is 0.239 e. The van der Waals surface area contributed by atoms with Crippen molar-refractivity contribution in [1.29, 1.82) is 0 Å². The van der Waals surface area contributed by atoms with E-state index in [0.717, 1.165) is 33.6 Å². The van der Waals surface area contributed by atoms with Gasteiger partial charge in [-0.1, -0.05) is 78.9 Å². The lowest BCUT2D eigenvalue weighted by Crippen LogP contribution is -1.97. The van der Waals surface area contributed by atoms with Crippen LogP contribution < -0.4 is 0 Å². The Bertz CT molecular complexity index is 1330. The first-order valence-electron chi connectivity index (χ1n) is 10.0. The van der Waals surface area contributed by atoms with E-state index < -0.39 is 0 Å². The Balaban J connectivity index is 1.58. The zero-order chi connectivity index (χ0) is 21.0. The second-order valence-electron chi connectivity index (χ2n) is 7.14. The summed E-state index contributed by atoms with van der Waals surface area (Å²) in [7, 11) is 0. The van der Waals surface area contributed by atoms with Crippen LogP contribution in [0.4, 0.5) is 0 Å². The van der Waals surface area contributed by atoms with Gasteiger partial charge in [0.05, 0.1) is 11.9 Å². The van der Waals surface area contributed by atoms with Crippen molar-refractivity contribution in [3.8, 4) is 28.3 Å². The van der Waals surface area contributed by atoms with Gasteiger partial charge < -0.3 is 0 Å². The van der Waals surface area contributed by atoms with Gasteiger partial charge in [0.2, 0.25) is 0 Å². The molecule has 0 bridgehead atoms. The minimum absolute atomic E-state index is 0.685. The zero-order valence-corrected chi connectivity index (χ0v) is 17.0. The summed E-state index contributed by atoms with van der Waals surface area (Å²) in [5.74, 6) is 0.685. The van der Waals surface area contributed by atoms with Crippen LogP contribution in [-0.2, 0) is 0 Å². The lowest BCUT2D eigenvalue weighted by Gasteiger charge is -2.04. The van der Waals surface area contributed by atoms with Crippen molar-refractivity contribution in [1.82, 2.24) is 24.7 Å². The number of hydrogen-bond acceptors (Lipinski definition) is 4. The van der Waals surface area contributed by atoms with Gasteiger partial charge >= 0.3 is 0 Å². The fourth-order valence-corrected chi connectivity index (χ4v) is 3.46. The van der Waals surface area contributed by atoms with Crippen molar-refractivity contribution in [3.05, 3.63) is 109 Å². The highest BCUT2D eigenvalue weighted by Crippen LogP contribution is 2.24. The van der Waals surface area contributed by atoms with Gasteiger partial charge in [-0.25, -0.2) is 4.68 Å². The molecule has 0 aliphatic carbocycles. The highest BCUT2D eigenvalue weighted by molar-refractivity contribution is 5.88. The second kappa shape index (κ2) is 8.20. The van der Waals surface area contributed by atoms with Gasteiger partial charge in [0.1, 0.15) is 12.0 Å². The molecule has 0 radical (unpaired) electrons. The van der Waals surface area contributed by atoms with Gasteiger partial charge in [-0.2, -0.15) is 14.9 Å². The van der Waals surface area contributed by atoms with Crippen molar-refractivity contribution in [2.24, 2.45) is 5.10 Å². The maximum Gasteiger partial charge on any atom is 0.184 e. The topological polar surface area (TPSA) is 60.9 Å². The molecule has 6 nitrogen and oxygen atoms in total. The van der Waals surface area contributed by atoms with Gasteiger partial charge in [0, 0.05) is 22.9 Å². The van der Waals surface area contributed by atoms with Crippen LogP contribution in [0.25, 0.3) is 28.3 Å². The molecule has 0 saturated heterocycles. The molecule has 0 fully saturated rings. The summed E-state index contributed by atoms with van der Waals surface area (Å²) in [6, 6.07) is 28.2. The summed E-state index contributed by atoms with van der Waals surface area (Å²) < 4.78 is 3.58. The van der Waals surface area contributed by atoms with Crippen molar-refractivity contribution in [3.63, 3.8) is 0 Å². The SMILES string of the molecule is Cc1ccccc1-n1cc(/C=N\n2cnnc2-c2ccccc2)c(-c2ccccc2)n1. The van der Waals surface area contributed by atoms with Gasteiger partial charge in [0.15, 0.2) is 5.82 Å². The van der Waals surface area contributed by atoms with Crippen molar-refractivity contribution in [2.75, 3.05) is 0 Å². The molecule has 0 aliphatic rings. The van der Waals surface area contributed by atoms with E-state index >= 15 is 0 Å². The molecule has 150 valence electrons. The molecule has 0 amide bonds. The number of hydrogen-bond donors (Lipinski definition) is 0. The van der Waals surface area contributed by atoms with Gasteiger partial charge in [-0.15, -0.1) is 10.2 Å². The number of aromatic nitrogens is 5. The molecule has 5 aromatic rings. The van der Waals surface area contributed by atoms with E-state index in [4.69, 9.17) is 5.10 Å². The minimum Gasteiger partial charge on any atom is -0.239 e.